The number of hydrogen-bond donors (Lipinski definition) is 0. The zero-order valence-electron chi connectivity index (χ0n) is 1.79. The number of hydrogen-bond acceptors (Lipinski definition) is 0. The fourth-order valence-electron chi connectivity index (χ4n) is 0. The van der Waals surface area contributed by atoms with Gasteiger partial charge in [-0.2, -0.15) is 0 Å². The van der Waals surface area contributed by atoms with Crippen molar-refractivity contribution in [1.82, 2.24) is 0 Å². The molecule has 6 heteroatoms. The summed E-state index contributed by atoms with van der Waals surface area (Å²) in [6.45, 7) is 0. The van der Waals surface area contributed by atoms with Crippen LogP contribution in [0.2, 0.25) is 0 Å². The van der Waals surface area contributed by atoms with E-state index in [1.807, 2.05) is 0 Å². The van der Waals surface area contributed by atoms with Gasteiger partial charge in [0.1, 0.15) is 0 Å². The third kappa shape index (κ3) is 28.3. The van der Waals surface area contributed by atoms with Crippen molar-refractivity contribution in [2.45, 2.75) is 0 Å². The largest absolute Gasteiger partial charge is 0.187 e. The molecule has 0 bridgehead atoms. The second-order valence-electron chi connectivity index (χ2n) is 0. The molecular formula is H7AlCrCuMnSiZn. The molecule has 0 saturated carbocycles. The first-order valence-electron chi connectivity index (χ1n) is 0. The van der Waals surface area contributed by atoms with Gasteiger partial charge in [0.2, 0.25) is 0 Å². The maximum Gasteiger partial charge on any atom is 0.187 e. The first kappa shape index (κ1) is 65.1. The maximum absolute atomic E-state index is 0. The Kier molecular flexibility index (Phi) is 480. The van der Waals surface area contributed by atoms with E-state index < -0.39 is 0 Å². The van der Waals surface area contributed by atoms with Gasteiger partial charge in [-0.05, 0) is 11.0 Å². The van der Waals surface area contributed by atoms with Gasteiger partial charge in [0.25, 0.3) is 0 Å². The molecule has 0 rings (SSSR count). The van der Waals surface area contributed by atoms with Crippen LogP contribution >= 0.6 is 0 Å². The molecule has 0 aliphatic heterocycles. The van der Waals surface area contributed by atoms with Crippen molar-refractivity contribution in [3.8, 4) is 0 Å². The minimum absolute atomic E-state index is 0. The van der Waals surface area contributed by atoms with Gasteiger partial charge < -0.3 is 0 Å². The Morgan fingerprint density at radius 2 is 1.00 bits per heavy atom. The molecule has 0 heterocycles. The number of rotatable bonds is 0. The van der Waals surface area contributed by atoms with E-state index in [0.29, 0.717) is 0 Å². The predicted octanol–water partition coefficient (Wildman–Crippen LogP) is -2.65. The van der Waals surface area contributed by atoms with E-state index in [1.54, 1.807) is 0 Å². The molecule has 0 amide bonds. The van der Waals surface area contributed by atoms with Gasteiger partial charge in [-0.3, -0.25) is 0 Å². The van der Waals surface area contributed by atoms with Crippen molar-refractivity contribution >= 4 is 28.3 Å². The van der Waals surface area contributed by atoms with Crippen LogP contribution in [0.1, 0.15) is 0 Å². The molecule has 0 fully saturated rings. The van der Waals surface area contributed by atoms with Crippen molar-refractivity contribution in [2.75, 3.05) is 0 Å². The Morgan fingerprint density at radius 3 is 1.00 bits per heavy atom. The van der Waals surface area contributed by atoms with Crippen LogP contribution in [-0.2, 0) is 71.0 Å². The van der Waals surface area contributed by atoms with Gasteiger partial charge in [0, 0.05) is 71.0 Å². The first-order chi connectivity index (χ1) is 0. The van der Waals surface area contributed by atoms with Crippen LogP contribution in [0.4, 0.5) is 0 Å². The predicted molar refractivity (Wildman–Crippen MR) is 21.3 cm³/mol. The van der Waals surface area contributed by atoms with E-state index in [-0.39, 0.29) is 99.3 Å². The summed E-state index contributed by atoms with van der Waals surface area (Å²) in [5, 5.41) is 0. The minimum Gasteiger partial charge on any atom is -0.0149 e. The summed E-state index contributed by atoms with van der Waals surface area (Å²) < 4.78 is 0. The zero-order valence-corrected chi connectivity index (χ0v) is 8.16. The van der Waals surface area contributed by atoms with Gasteiger partial charge in [0.05, 0.1) is 0 Å². The van der Waals surface area contributed by atoms with Crippen molar-refractivity contribution in [3.05, 3.63) is 0 Å². The molecule has 0 nitrogen and oxygen atoms in total. The molecule has 0 aliphatic rings. The molecule has 40 valence electrons. The first-order valence-corrected chi connectivity index (χ1v) is 0. The summed E-state index contributed by atoms with van der Waals surface area (Å²) >= 11 is 0. The van der Waals surface area contributed by atoms with Gasteiger partial charge in [0.15, 0.2) is 17.4 Å². The summed E-state index contributed by atoms with van der Waals surface area (Å²) in [4.78, 5) is 0. The summed E-state index contributed by atoms with van der Waals surface area (Å²) in [5.41, 5.74) is 0. The fourth-order valence-corrected chi connectivity index (χ4v) is 0. The standard InChI is InChI=1S/Al.Cr.Cu.Mn.H4Si.Zn.3H/h;;;;1H4;;;;. The van der Waals surface area contributed by atoms with Crippen LogP contribution in [0, 0.1) is 0 Å². The van der Waals surface area contributed by atoms with E-state index >= 15 is 0 Å². The van der Waals surface area contributed by atoms with Crippen LogP contribution in [0.3, 0.4) is 0 Å². The zero-order chi connectivity index (χ0) is 0. The van der Waals surface area contributed by atoms with E-state index in [1.165, 1.54) is 0 Å². The van der Waals surface area contributed by atoms with Crippen molar-refractivity contribution in [2.24, 2.45) is 0 Å². The van der Waals surface area contributed by atoms with Crippen LogP contribution in [0.15, 0.2) is 0 Å². The maximum atomic E-state index is 0. The Labute approximate surface area is 98.0 Å². The molecule has 0 aromatic carbocycles. The van der Waals surface area contributed by atoms with E-state index in [2.05, 4.69) is 0 Å². The molecule has 0 aromatic heterocycles. The Hall–Kier alpha value is 2.94. The van der Waals surface area contributed by atoms with E-state index in [9.17, 15) is 0 Å². The summed E-state index contributed by atoms with van der Waals surface area (Å²) in [6, 6.07) is 0. The quantitative estimate of drug-likeness (QED) is 0.429. The Bertz CT molecular complexity index is 15.5. The van der Waals surface area contributed by atoms with E-state index in [0.717, 1.165) is 0 Å². The second kappa shape index (κ2) is 44.2. The SMILES string of the molecule is [AlH3].[Cr].[Cu].[Mn].[SiH4].[Zn]. The van der Waals surface area contributed by atoms with Gasteiger partial charge >= 0.3 is 0 Å². The van der Waals surface area contributed by atoms with E-state index in [4.69, 9.17) is 0 Å². The molecule has 6 heavy (non-hydrogen) atoms. The molecule has 0 aliphatic carbocycles. The second-order valence-corrected chi connectivity index (χ2v) is 0. The van der Waals surface area contributed by atoms with Crippen molar-refractivity contribution in [1.29, 1.82) is 0 Å². The smallest absolute Gasteiger partial charge is 0.0149 e. The van der Waals surface area contributed by atoms with Crippen LogP contribution in [0.25, 0.3) is 0 Å². The topological polar surface area (TPSA) is 0 Å². The average Bonchev–Trinajstić information content (AvgIpc) is 0. The van der Waals surface area contributed by atoms with Crippen molar-refractivity contribution in [3.63, 3.8) is 0 Å². The third-order valence-corrected chi connectivity index (χ3v) is 0. The third-order valence-electron chi connectivity index (χ3n) is 0. The summed E-state index contributed by atoms with van der Waals surface area (Å²) in [6.07, 6.45) is 0. The molecule has 0 aromatic rings. The average molecular weight is 298 g/mol. The molecule has 0 saturated heterocycles. The summed E-state index contributed by atoms with van der Waals surface area (Å²) in [5.74, 6) is 0. The Balaban J connectivity index is 0. The Morgan fingerprint density at radius 1 is 1.00 bits per heavy atom. The fraction of sp³-hybridized carbons (Fsp3) is 0. The van der Waals surface area contributed by atoms with Gasteiger partial charge in [-0.25, -0.2) is 0 Å². The normalized spacial score (nSPS) is 0. The van der Waals surface area contributed by atoms with Crippen LogP contribution in [-0.4, -0.2) is 28.3 Å². The van der Waals surface area contributed by atoms with Crippen LogP contribution < -0.4 is 0 Å². The molecule has 0 spiro atoms. The minimum atomic E-state index is 0. The molecular weight excluding hydrogens is 291 g/mol. The molecule has 0 unspecified atom stereocenters. The molecule has 2 radical (unpaired) electrons. The van der Waals surface area contributed by atoms with Crippen LogP contribution in [0.5, 0.6) is 0 Å². The molecule has 0 atom stereocenters. The van der Waals surface area contributed by atoms with Crippen molar-refractivity contribution < 1.29 is 71.0 Å². The van der Waals surface area contributed by atoms with Gasteiger partial charge in [-0.15, -0.1) is 0 Å². The monoisotopic (exact) mass is 296 g/mol. The summed E-state index contributed by atoms with van der Waals surface area (Å²) in [7, 11) is 0. The molecule has 0 N–H and O–H groups in total. The van der Waals surface area contributed by atoms with Gasteiger partial charge in [-0.1, -0.05) is 0 Å².